The van der Waals surface area contributed by atoms with Crippen molar-refractivity contribution in [2.75, 3.05) is 0 Å². The number of aromatic nitrogens is 3. The van der Waals surface area contributed by atoms with E-state index in [0.717, 1.165) is 18.1 Å². The maximum atomic E-state index is 6.16. The number of nitrogens with one attached hydrogen (secondary N) is 1. The second kappa shape index (κ2) is 4.77. The maximum absolute atomic E-state index is 6.16. The molecule has 0 saturated heterocycles. The van der Waals surface area contributed by atoms with E-state index in [1.807, 2.05) is 0 Å². The minimum atomic E-state index is 0.111. The first-order chi connectivity index (χ1) is 7.97. The van der Waals surface area contributed by atoms with E-state index >= 15 is 0 Å². The highest BCUT2D eigenvalue weighted by molar-refractivity contribution is 5.01. The van der Waals surface area contributed by atoms with Crippen molar-refractivity contribution >= 4 is 0 Å². The number of hydrogen-bond acceptors (Lipinski definition) is 3. The molecule has 1 saturated carbocycles. The van der Waals surface area contributed by atoms with Crippen molar-refractivity contribution in [2.45, 2.75) is 64.8 Å². The fourth-order valence-corrected chi connectivity index (χ4v) is 2.28. The van der Waals surface area contributed by atoms with Gasteiger partial charge in [-0.2, -0.15) is 5.10 Å². The van der Waals surface area contributed by atoms with Gasteiger partial charge in [-0.3, -0.25) is 5.10 Å². The summed E-state index contributed by atoms with van der Waals surface area (Å²) in [4.78, 5) is 4.60. The summed E-state index contributed by atoms with van der Waals surface area (Å²) in [7, 11) is 0. The Labute approximate surface area is 103 Å². The lowest BCUT2D eigenvalue weighted by Crippen LogP contribution is -2.37. The van der Waals surface area contributed by atoms with Crippen molar-refractivity contribution in [1.82, 2.24) is 15.2 Å². The van der Waals surface area contributed by atoms with E-state index in [4.69, 9.17) is 5.73 Å². The van der Waals surface area contributed by atoms with Crippen molar-refractivity contribution in [2.24, 2.45) is 11.1 Å². The number of rotatable bonds is 3. The zero-order valence-corrected chi connectivity index (χ0v) is 11.2. The van der Waals surface area contributed by atoms with Crippen LogP contribution in [0.3, 0.4) is 0 Å². The smallest absolute Gasteiger partial charge is 0.153 e. The van der Waals surface area contributed by atoms with Gasteiger partial charge in [-0.25, -0.2) is 4.98 Å². The van der Waals surface area contributed by atoms with Crippen LogP contribution in [0.4, 0.5) is 0 Å². The van der Waals surface area contributed by atoms with E-state index in [9.17, 15) is 0 Å². The Morgan fingerprint density at radius 1 is 1.35 bits per heavy atom. The van der Waals surface area contributed by atoms with Gasteiger partial charge in [0.1, 0.15) is 5.82 Å². The van der Waals surface area contributed by atoms with Gasteiger partial charge in [0.2, 0.25) is 0 Å². The number of H-pyrrole nitrogens is 1. The molecule has 4 heteroatoms. The summed E-state index contributed by atoms with van der Waals surface area (Å²) >= 11 is 0. The fourth-order valence-electron chi connectivity index (χ4n) is 2.28. The molecule has 0 spiro atoms. The molecule has 1 unspecified atom stereocenters. The minimum absolute atomic E-state index is 0.111. The lowest BCUT2D eigenvalue weighted by atomic mass is 9.85. The quantitative estimate of drug-likeness (QED) is 0.846. The van der Waals surface area contributed by atoms with E-state index in [0.29, 0.717) is 5.92 Å². The Bertz CT molecular complexity index is 358. The molecule has 3 N–H and O–H groups in total. The van der Waals surface area contributed by atoms with Crippen LogP contribution >= 0.6 is 0 Å². The molecule has 1 atom stereocenters. The summed E-state index contributed by atoms with van der Waals surface area (Å²) in [6, 6.07) is 0.117. The van der Waals surface area contributed by atoms with Gasteiger partial charge in [-0.15, -0.1) is 0 Å². The van der Waals surface area contributed by atoms with Gasteiger partial charge in [0.25, 0.3) is 0 Å². The standard InChI is InChI=1S/C13H24N4/c1-13(2,3)10(14)8-11-15-12(17-16-11)9-6-4-5-7-9/h9-10H,4-8,14H2,1-3H3,(H,15,16,17). The largest absolute Gasteiger partial charge is 0.327 e. The number of nitrogens with zero attached hydrogens (tertiary/aromatic N) is 2. The van der Waals surface area contributed by atoms with Crippen LogP contribution in [0.2, 0.25) is 0 Å². The zero-order chi connectivity index (χ0) is 12.5. The van der Waals surface area contributed by atoms with E-state index in [1.54, 1.807) is 0 Å². The zero-order valence-electron chi connectivity index (χ0n) is 11.2. The van der Waals surface area contributed by atoms with Crippen LogP contribution in [0.5, 0.6) is 0 Å². The topological polar surface area (TPSA) is 67.6 Å². The van der Waals surface area contributed by atoms with Crippen molar-refractivity contribution in [3.63, 3.8) is 0 Å². The first-order valence-electron chi connectivity index (χ1n) is 6.63. The number of nitrogens with two attached hydrogens (primary N) is 1. The van der Waals surface area contributed by atoms with Gasteiger partial charge >= 0.3 is 0 Å². The molecule has 1 fully saturated rings. The van der Waals surface area contributed by atoms with Crippen LogP contribution < -0.4 is 5.73 Å². The lowest BCUT2D eigenvalue weighted by molar-refractivity contribution is 0.315. The summed E-state index contributed by atoms with van der Waals surface area (Å²) in [5, 5.41) is 7.39. The average molecular weight is 236 g/mol. The Morgan fingerprint density at radius 2 is 2.00 bits per heavy atom. The molecule has 0 aliphatic heterocycles. The van der Waals surface area contributed by atoms with Gasteiger partial charge in [0, 0.05) is 18.4 Å². The summed E-state index contributed by atoms with van der Waals surface area (Å²) in [6.07, 6.45) is 5.89. The number of aromatic amines is 1. The van der Waals surface area contributed by atoms with E-state index < -0.39 is 0 Å². The molecule has 0 bridgehead atoms. The molecule has 1 aromatic rings. The lowest BCUT2D eigenvalue weighted by Gasteiger charge is -2.25. The average Bonchev–Trinajstić information content (AvgIpc) is 2.83. The predicted molar refractivity (Wildman–Crippen MR) is 68.7 cm³/mol. The molecule has 17 heavy (non-hydrogen) atoms. The monoisotopic (exact) mass is 236 g/mol. The molecule has 0 aromatic carbocycles. The summed E-state index contributed by atoms with van der Waals surface area (Å²) < 4.78 is 0. The third-order valence-electron chi connectivity index (χ3n) is 3.79. The first-order valence-corrected chi connectivity index (χ1v) is 6.63. The Balaban J connectivity index is 1.98. The van der Waals surface area contributed by atoms with Crippen LogP contribution in [0.25, 0.3) is 0 Å². The fraction of sp³-hybridized carbons (Fsp3) is 0.846. The third kappa shape index (κ3) is 3.06. The molecule has 96 valence electrons. The van der Waals surface area contributed by atoms with E-state index in [1.165, 1.54) is 25.7 Å². The Kier molecular flexibility index (Phi) is 3.52. The molecule has 1 heterocycles. The van der Waals surface area contributed by atoms with Gasteiger partial charge in [-0.1, -0.05) is 33.6 Å². The second-order valence-electron chi connectivity index (χ2n) is 6.30. The van der Waals surface area contributed by atoms with Crippen LogP contribution in [-0.2, 0) is 6.42 Å². The van der Waals surface area contributed by atoms with Crippen molar-refractivity contribution in [1.29, 1.82) is 0 Å². The highest BCUT2D eigenvalue weighted by Gasteiger charge is 2.24. The Morgan fingerprint density at radius 3 is 2.59 bits per heavy atom. The normalized spacial score (nSPS) is 19.8. The molecule has 4 nitrogen and oxygen atoms in total. The molecule has 1 aliphatic rings. The molecule has 1 aromatic heterocycles. The van der Waals surface area contributed by atoms with Gasteiger partial charge in [0.15, 0.2) is 5.82 Å². The second-order valence-corrected chi connectivity index (χ2v) is 6.30. The highest BCUT2D eigenvalue weighted by Crippen LogP contribution is 2.32. The van der Waals surface area contributed by atoms with Crippen molar-refractivity contribution in [3.8, 4) is 0 Å². The Hall–Kier alpha value is -0.900. The molecule has 1 aliphatic carbocycles. The molecular formula is C13H24N4. The highest BCUT2D eigenvalue weighted by atomic mass is 15.2. The molecule has 0 radical (unpaired) electrons. The molecular weight excluding hydrogens is 212 g/mol. The number of hydrogen-bond donors (Lipinski definition) is 2. The van der Waals surface area contributed by atoms with Crippen molar-refractivity contribution in [3.05, 3.63) is 11.6 Å². The summed E-state index contributed by atoms with van der Waals surface area (Å²) in [5.41, 5.74) is 6.27. The van der Waals surface area contributed by atoms with Crippen LogP contribution in [0, 0.1) is 5.41 Å². The minimum Gasteiger partial charge on any atom is -0.327 e. The van der Waals surface area contributed by atoms with E-state index in [-0.39, 0.29) is 11.5 Å². The van der Waals surface area contributed by atoms with Crippen LogP contribution in [0.1, 0.15) is 64.0 Å². The first kappa shape index (κ1) is 12.6. The molecule has 2 rings (SSSR count). The third-order valence-corrected chi connectivity index (χ3v) is 3.79. The van der Waals surface area contributed by atoms with Crippen molar-refractivity contribution < 1.29 is 0 Å². The maximum Gasteiger partial charge on any atom is 0.153 e. The summed E-state index contributed by atoms with van der Waals surface area (Å²) in [6.45, 7) is 6.48. The van der Waals surface area contributed by atoms with Crippen LogP contribution in [0.15, 0.2) is 0 Å². The SMILES string of the molecule is CC(C)(C)C(N)Cc1nc(C2CCCC2)n[nH]1. The summed E-state index contributed by atoms with van der Waals surface area (Å²) in [5.74, 6) is 2.51. The van der Waals surface area contributed by atoms with Gasteiger partial charge in [0.05, 0.1) is 0 Å². The van der Waals surface area contributed by atoms with Crippen LogP contribution in [-0.4, -0.2) is 21.2 Å². The van der Waals surface area contributed by atoms with E-state index in [2.05, 4.69) is 36.0 Å². The van der Waals surface area contributed by atoms with Gasteiger partial charge < -0.3 is 5.73 Å². The molecule has 0 amide bonds. The van der Waals surface area contributed by atoms with Gasteiger partial charge in [-0.05, 0) is 18.3 Å². The predicted octanol–water partition coefficient (Wildman–Crippen LogP) is 2.38.